The van der Waals surface area contributed by atoms with Gasteiger partial charge < -0.3 is 10.1 Å². The predicted molar refractivity (Wildman–Crippen MR) is 81.8 cm³/mol. The van der Waals surface area contributed by atoms with Crippen molar-refractivity contribution in [3.8, 4) is 5.75 Å². The number of hydrogen-bond donors (Lipinski definition) is 1. The normalized spacial score (nSPS) is 10.3. The Morgan fingerprint density at radius 2 is 2.11 bits per heavy atom. The zero-order valence-corrected chi connectivity index (χ0v) is 12.7. The molecule has 3 nitrogen and oxygen atoms in total. The summed E-state index contributed by atoms with van der Waals surface area (Å²) in [5, 5.41) is 3.26. The van der Waals surface area contributed by atoms with Crippen molar-refractivity contribution in [2.45, 2.75) is 13.8 Å². The second-order valence-corrected chi connectivity index (χ2v) is 5.18. The quantitative estimate of drug-likeness (QED) is 0.847. The molecule has 19 heavy (non-hydrogen) atoms. The SMILES string of the molecule is Cc1cccc(OCCNc2nccc(C)c2Br)c1. The molecule has 0 bridgehead atoms. The van der Waals surface area contributed by atoms with Gasteiger partial charge in [0.25, 0.3) is 0 Å². The van der Waals surface area contributed by atoms with Gasteiger partial charge in [-0.2, -0.15) is 0 Å². The standard InChI is InChI=1S/C15H17BrN2O/c1-11-4-3-5-13(10-11)19-9-8-18-15-14(16)12(2)6-7-17-15/h3-7,10H,8-9H2,1-2H3,(H,17,18). The van der Waals surface area contributed by atoms with E-state index in [1.807, 2.05) is 31.2 Å². The van der Waals surface area contributed by atoms with E-state index in [9.17, 15) is 0 Å². The largest absolute Gasteiger partial charge is 0.492 e. The molecule has 1 heterocycles. The molecule has 0 unspecified atom stereocenters. The lowest BCUT2D eigenvalue weighted by Gasteiger charge is -2.10. The molecule has 0 amide bonds. The number of anilines is 1. The summed E-state index contributed by atoms with van der Waals surface area (Å²) in [6.07, 6.45) is 1.80. The van der Waals surface area contributed by atoms with Gasteiger partial charge in [-0.25, -0.2) is 4.98 Å². The van der Waals surface area contributed by atoms with Crippen LogP contribution in [0.15, 0.2) is 41.0 Å². The van der Waals surface area contributed by atoms with Crippen molar-refractivity contribution >= 4 is 21.7 Å². The Hall–Kier alpha value is -1.55. The Bertz CT molecular complexity index is 558. The number of halogens is 1. The molecule has 0 atom stereocenters. The van der Waals surface area contributed by atoms with Crippen molar-refractivity contribution in [1.82, 2.24) is 4.98 Å². The molecule has 1 aromatic carbocycles. The Morgan fingerprint density at radius 1 is 1.26 bits per heavy atom. The van der Waals surface area contributed by atoms with Crippen LogP contribution in [0.25, 0.3) is 0 Å². The van der Waals surface area contributed by atoms with E-state index in [-0.39, 0.29) is 0 Å². The van der Waals surface area contributed by atoms with Gasteiger partial charge >= 0.3 is 0 Å². The third kappa shape index (κ3) is 3.96. The van der Waals surface area contributed by atoms with Crippen LogP contribution in [0.4, 0.5) is 5.82 Å². The molecule has 1 N–H and O–H groups in total. The van der Waals surface area contributed by atoms with E-state index in [1.165, 1.54) is 5.56 Å². The van der Waals surface area contributed by atoms with Crippen LogP contribution < -0.4 is 10.1 Å². The summed E-state index contributed by atoms with van der Waals surface area (Å²) in [7, 11) is 0. The van der Waals surface area contributed by atoms with Gasteiger partial charge in [-0.1, -0.05) is 12.1 Å². The maximum Gasteiger partial charge on any atom is 0.140 e. The van der Waals surface area contributed by atoms with Crippen molar-refractivity contribution in [3.63, 3.8) is 0 Å². The van der Waals surface area contributed by atoms with Gasteiger partial charge in [0.2, 0.25) is 0 Å². The average molecular weight is 321 g/mol. The van der Waals surface area contributed by atoms with Crippen LogP contribution in [0.1, 0.15) is 11.1 Å². The lowest BCUT2D eigenvalue weighted by atomic mass is 10.2. The van der Waals surface area contributed by atoms with Crippen LogP contribution in [0.5, 0.6) is 5.75 Å². The fourth-order valence-corrected chi connectivity index (χ4v) is 2.08. The summed E-state index contributed by atoms with van der Waals surface area (Å²) in [6.45, 7) is 5.41. The third-order valence-electron chi connectivity index (χ3n) is 2.74. The van der Waals surface area contributed by atoms with Gasteiger partial charge in [-0.15, -0.1) is 0 Å². The van der Waals surface area contributed by atoms with E-state index < -0.39 is 0 Å². The zero-order valence-electron chi connectivity index (χ0n) is 11.1. The van der Waals surface area contributed by atoms with E-state index in [0.29, 0.717) is 13.2 Å². The van der Waals surface area contributed by atoms with Gasteiger partial charge in [0.15, 0.2) is 0 Å². The Labute approximate surface area is 122 Å². The van der Waals surface area contributed by atoms with Crippen LogP contribution in [0, 0.1) is 13.8 Å². The van der Waals surface area contributed by atoms with E-state index in [0.717, 1.165) is 21.6 Å². The number of hydrogen-bond acceptors (Lipinski definition) is 3. The van der Waals surface area contributed by atoms with E-state index in [2.05, 4.69) is 39.2 Å². The lowest BCUT2D eigenvalue weighted by molar-refractivity contribution is 0.332. The minimum Gasteiger partial charge on any atom is -0.492 e. The molecular formula is C15H17BrN2O. The molecule has 4 heteroatoms. The maximum absolute atomic E-state index is 5.67. The van der Waals surface area contributed by atoms with Gasteiger partial charge in [0.1, 0.15) is 18.2 Å². The van der Waals surface area contributed by atoms with Crippen molar-refractivity contribution in [1.29, 1.82) is 0 Å². The van der Waals surface area contributed by atoms with Crippen LogP contribution in [0.2, 0.25) is 0 Å². The van der Waals surface area contributed by atoms with Gasteiger partial charge in [0, 0.05) is 6.20 Å². The highest BCUT2D eigenvalue weighted by Gasteiger charge is 2.02. The van der Waals surface area contributed by atoms with E-state index in [4.69, 9.17) is 4.74 Å². The van der Waals surface area contributed by atoms with Crippen molar-refractivity contribution in [3.05, 3.63) is 52.1 Å². The fraction of sp³-hybridized carbons (Fsp3) is 0.267. The van der Waals surface area contributed by atoms with Crippen molar-refractivity contribution < 1.29 is 4.74 Å². The van der Waals surface area contributed by atoms with Crippen LogP contribution in [0.3, 0.4) is 0 Å². The first-order valence-electron chi connectivity index (χ1n) is 6.21. The first-order chi connectivity index (χ1) is 9.16. The molecule has 0 fully saturated rings. The second-order valence-electron chi connectivity index (χ2n) is 4.38. The number of aromatic nitrogens is 1. The average Bonchev–Trinajstić information content (AvgIpc) is 2.39. The summed E-state index contributed by atoms with van der Waals surface area (Å²) in [6, 6.07) is 10.0. The highest BCUT2D eigenvalue weighted by molar-refractivity contribution is 9.10. The van der Waals surface area contributed by atoms with Gasteiger partial charge in [-0.05, 0) is 59.1 Å². The summed E-state index contributed by atoms with van der Waals surface area (Å²) in [5.41, 5.74) is 2.37. The minimum absolute atomic E-state index is 0.603. The molecule has 2 aromatic rings. The summed E-state index contributed by atoms with van der Waals surface area (Å²) >= 11 is 3.52. The zero-order chi connectivity index (χ0) is 13.7. The molecule has 0 aliphatic rings. The molecule has 0 saturated heterocycles. The van der Waals surface area contributed by atoms with Crippen LogP contribution >= 0.6 is 15.9 Å². The van der Waals surface area contributed by atoms with Crippen LogP contribution in [-0.2, 0) is 0 Å². The Balaban J connectivity index is 1.82. The molecule has 0 aliphatic carbocycles. The number of benzene rings is 1. The molecule has 0 saturated carbocycles. The number of pyridine rings is 1. The number of rotatable bonds is 5. The van der Waals surface area contributed by atoms with Crippen molar-refractivity contribution in [2.24, 2.45) is 0 Å². The molecule has 0 radical (unpaired) electrons. The molecular weight excluding hydrogens is 304 g/mol. The number of nitrogens with one attached hydrogen (secondary N) is 1. The van der Waals surface area contributed by atoms with E-state index >= 15 is 0 Å². The lowest BCUT2D eigenvalue weighted by Crippen LogP contribution is -2.12. The fourth-order valence-electron chi connectivity index (χ4n) is 1.71. The van der Waals surface area contributed by atoms with Gasteiger partial charge in [0.05, 0.1) is 11.0 Å². The topological polar surface area (TPSA) is 34.1 Å². The smallest absolute Gasteiger partial charge is 0.140 e. The molecule has 0 aliphatic heterocycles. The summed E-state index contributed by atoms with van der Waals surface area (Å²) < 4.78 is 6.68. The highest BCUT2D eigenvalue weighted by Crippen LogP contribution is 2.22. The second kappa shape index (κ2) is 6.57. The molecule has 2 rings (SSSR count). The first kappa shape index (κ1) is 13.9. The van der Waals surface area contributed by atoms with E-state index in [1.54, 1.807) is 6.20 Å². The Kier molecular flexibility index (Phi) is 4.80. The van der Waals surface area contributed by atoms with Crippen molar-refractivity contribution in [2.75, 3.05) is 18.5 Å². The molecule has 1 aromatic heterocycles. The highest BCUT2D eigenvalue weighted by atomic mass is 79.9. The Morgan fingerprint density at radius 3 is 2.89 bits per heavy atom. The minimum atomic E-state index is 0.603. The number of ether oxygens (including phenoxy) is 1. The predicted octanol–water partition coefficient (Wildman–Crippen LogP) is 3.95. The van der Waals surface area contributed by atoms with Gasteiger partial charge in [-0.3, -0.25) is 0 Å². The number of nitrogens with zero attached hydrogens (tertiary/aromatic N) is 1. The number of aryl methyl sites for hydroxylation is 2. The maximum atomic E-state index is 5.67. The van der Waals surface area contributed by atoms with Crippen LogP contribution in [-0.4, -0.2) is 18.1 Å². The molecule has 0 spiro atoms. The monoisotopic (exact) mass is 320 g/mol. The third-order valence-corrected chi connectivity index (χ3v) is 3.74. The summed E-state index contributed by atoms with van der Waals surface area (Å²) in [4.78, 5) is 4.28. The summed E-state index contributed by atoms with van der Waals surface area (Å²) in [5.74, 6) is 1.76. The molecule has 100 valence electrons. The first-order valence-corrected chi connectivity index (χ1v) is 7.00.